The van der Waals surface area contributed by atoms with Crippen LogP contribution >= 0.6 is 11.6 Å². The third-order valence-corrected chi connectivity index (χ3v) is 2.25. The summed E-state index contributed by atoms with van der Waals surface area (Å²) in [7, 11) is 3.99. The Kier molecular flexibility index (Phi) is 4.70. The summed E-state index contributed by atoms with van der Waals surface area (Å²) >= 11 is 5.75. The van der Waals surface area contributed by atoms with E-state index in [4.69, 9.17) is 11.6 Å². The van der Waals surface area contributed by atoms with Gasteiger partial charge in [-0.2, -0.15) is 0 Å². The Hall–Kier alpha value is -0.800. The van der Waals surface area contributed by atoms with Gasteiger partial charge in [0.25, 0.3) is 0 Å². The highest BCUT2D eigenvalue weighted by molar-refractivity contribution is 6.30. The van der Waals surface area contributed by atoms with Gasteiger partial charge in [-0.25, -0.2) is 4.98 Å². The van der Waals surface area contributed by atoms with Crippen molar-refractivity contribution in [2.24, 2.45) is 0 Å². The van der Waals surface area contributed by atoms with Gasteiger partial charge in [0, 0.05) is 19.8 Å². The van der Waals surface area contributed by atoms with Crippen molar-refractivity contribution in [2.75, 3.05) is 32.1 Å². The molecule has 0 saturated carbocycles. The first-order valence-corrected chi connectivity index (χ1v) is 5.09. The van der Waals surface area contributed by atoms with Crippen molar-refractivity contribution < 1.29 is 0 Å². The molecule has 0 aliphatic heterocycles. The summed E-state index contributed by atoms with van der Waals surface area (Å²) in [5, 5.41) is 3.79. The molecule has 1 aromatic heterocycles. The van der Waals surface area contributed by atoms with Gasteiger partial charge in [-0.1, -0.05) is 11.6 Å². The lowest BCUT2D eigenvalue weighted by molar-refractivity contribution is 0.709. The van der Waals surface area contributed by atoms with Crippen LogP contribution in [0.2, 0.25) is 5.02 Å². The number of pyridine rings is 1. The molecule has 1 N–H and O–H groups in total. The van der Waals surface area contributed by atoms with Crippen LogP contribution in [0.1, 0.15) is 6.42 Å². The SMILES string of the molecule is CNCCCN(C)c1ccc(Cl)cn1. The molecule has 4 heteroatoms. The van der Waals surface area contributed by atoms with E-state index in [1.807, 2.05) is 26.2 Å². The van der Waals surface area contributed by atoms with Gasteiger partial charge in [0.2, 0.25) is 0 Å². The number of rotatable bonds is 5. The van der Waals surface area contributed by atoms with E-state index in [1.54, 1.807) is 6.20 Å². The van der Waals surface area contributed by atoms with Crippen LogP contribution in [0.5, 0.6) is 0 Å². The van der Waals surface area contributed by atoms with Gasteiger partial charge in [-0.3, -0.25) is 0 Å². The van der Waals surface area contributed by atoms with Crippen LogP contribution < -0.4 is 10.2 Å². The Morgan fingerprint density at radius 1 is 1.50 bits per heavy atom. The van der Waals surface area contributed by atoms with E-state index in [9.17, 15) is 0 Å². The van der Waals surface area contributed by atoms with E-state index >= 15 is 0 Å². The van der Waals surface area contributed by atoms with Gasteiger partial charge < -0.3 is 10.2 Å². The van der Waals surface area contributed by atoms with Gasteiger partial charge in [0.15, 0.2) is 0 Å². The average molecular weight is 214 g/mol. The highest BCUT2D eigenvalue weighted by atomic mass is 35.5. The smallest absolute Gasteiger partial charge is 0.128 e. The maximum atomic E-state index is 5.75. The van der Waals surface area contributed by atoms with Crippen molar-refractivity contribution in [3.05, 3.63) is 23.4 Å². The third kappa shape index (κ3) is 3.52. The molecule has 0 amide bonds. The zero-order chi connectivity index (χ0) is 10.4. The first-order valence-electron chi connectivity index (χ1n) is 4.71. The van der Waals surface area contributed by atoms with Crippen LogP contribution in [0, 0.1) is 0 Å². The molecular formula is C10H16ClN3. The van der Waals surface area contributed by atoms with Crippen LogP contribution in [0.25, 0.3) is 0 Å². The monoisotopic (exact) mass is 213 g/mol. The summed E-state index contributed by atoms with van der Waals surface area (Å²) in [5.41, 5.74) is 0. The summed E-state index contributed by atoms with van der Waals surface area (Å²) < 4.78 is 0. The Labute approximate surface area is 90.1 Å². The molecule has 1 aromatic rings. The molecule has 0 atom stereocenters. The number of anilines is 1. The molecule has 0 spiro atoms. The van der Waals surface area contributed by atoms with E-state index in [-0.39, 0.29) is 0 Å². The summed E-state index contributed by atoms with van der Waals surface area (Å²) in [6, 6.07) is 3.79. The molecule has 0 fully saturated rings. The van der Waals surface area contributed by atoms with E-state index in [0.717, 1.165) is 25.3 Å². The van der Waals surface area contributed by atoms with Gasteiger partial charge in [0.1, 0.15) is 5.82 Å². The predicted molar refractivity (Wildman–Crippen MR) is 61.1 cm³/mol. The molecule has 14 heavy (non-hydrogen) atoms. The van der Waals surface area contributed by atoms with Crippen molar-refractivity contribution >= 4 is 17.4 Å². The normalized spacial score (nSPS) is 10.2. The van der Waals surface area contributed by atoms with Gasteiger partial charge in [0.05, 0.1) is 5.02 Å². The van der Waals surface area contributed by atoms with Crippen molar-refractivity contribution in [3.8, 4) is 0 Å². The second kappa shape index (κ2) is 5.83. The highest BCUT2D eigenvalue weighted by Gasteiger charge is 2.00. The number of halogens is 1. The number of nitrogens with one attached hydrogen (secondary N) is 1. The van der Waals surface area contributed by atoms with Crippen molar-refractivity contribution in [1.29, 1.82) is 0 Å². The zero-order valence-corrected chi connectivity index (χ0v) is 9.38. The molecule has 3 nitrogen and oxygen atoms in total. The molecule has 0 radical (unpaired) electrons. The molecule has 0 aliphatic rings. The Morgan fingerprint density at radius 3 is 2.86 bits per heavy atom. The van der Waals surface area contributed by atoms with Gasteiger partial charge in [-0.05, 0) is 32.1 Å². The number of hydrogen-bond donors (Lipinski definition) is 1. The van der Waals surface area contributed by atoms with E-state index in [1.165, 1.54) is 0 Å². The Bertz CT molecular complexity index is 261. The molecule has 78 valence electrons. The summed E-state index contributed by atoms with van der Waals surface area (Å²) in [6.45, 7) is 2.02. The second-order valence-electron chi connectivity index (χ2n) is 3.21. The van der Waals surface area contributed by atoms with Crippen LogP contribution in [-0.2, 0) is 0 Å². The molecule has 0 saturated heterocycles. The largest absolute Gasteiger partial charge is 0.360 e. The molecule has 0 aromatic carbocycles. The number of aromatic nitrogens is 1. The van der Waals surface area contributed by atoms with Crippen LogP contribution in [0.15, 0.2) is 18.3 Å². The quantitative estimate of drug-likeness (QED) is 0.756. The Balaban J connectivity index is 2.43. The third-order valence-electron chi connectivity index (χ3n) is 2.02. The number of hydrogen-bond acceptors (Lipinski definition) is 3. The first-order chi connectivity index (χ1) is 6.74. The first kappa shape index (κ1) is 11.3. The summed E-state index contributed by atoms with van der Waals surface area (Å²) in [4.78, 5) is 6.35. The minimum Gasteiger partial charge on any atom is -0.360 e. The summed E-state index contributed by atoms with van der Waals surface area (Å²) in [5.74, 6) is 0.963. The van der Waals surface area contributed by atoms with E-state index < -0.39 is 0 Å². The maximum Gasteiger partial charge on any atom is 0.128 e. The molecule has 0 unspecified atom stereocenters. The molecule has 1 rings (SSSR count). The topological polar surface area (TPSA) is 28.2 Å². The van der Waals surface area contributed by atoms with Crippen molar-refractivity contribution in [1.82, 2.24) is 10.3 Å². The fourth-order valence-corrected chi connectivity index (χ4v) is 1.31. The fraction of sp³-hybridized carbons (Fsp3) is 0.500. The molecule has 0 bridgehead atoms. The van der Waals surface area contributed by atoms with Gasteiger partial charge in [-0.15, -0.1) is 0 Å². The highest BCUT2D eigenvalue weighted by Crippen LogP contribution is 2.12. The van der Waals surface area contributed by atoms with E-state index in [0.29, 0.717) is 5.02 Å². The fourth-order valence-electron chi connectivity index (χ4n) is 1.20. The standard InChI is InChI=1S/C10H16ClN3/c1-12-6-3-7-14(2)10-5-4-9(11)8-13-10/h4-5,8,12H,3,6-7H2,1-2H3. The molecule has 1 heterocycles. The zero-order valence-electron chi connectivity index (χ0n) is 8.63. The Morgan fingerprint density at radius 2 is 2.29 bits per heavy atom. The second-order valence-corrected chi connectivity index (χ2v) is 3.65. The molecule has 0 aliphatic carbocycles. The lowest BCUT2D eigenvalue weighted by Crippen LogP contribution is -2.22. The van der Waals surface area contributed by atoms with Gasteiger partial charge >= 0.3 is 0 Å². The maximum absolute atomic E-state index is 5.75. The van der Waals surface area contributed by atoms with Crippen molar-refractivity contribution in [3.63, 3.8) is 0 Å². The average Bonchev–Trinajstić information content (AvgIpc) is 2.19. The lowest BCUT2D eigenvalue weighted by Gasteiger charge is -2.17. The van der Waals surface area contributed by atoms with Crippen LogP contribution in [0.3, 0.4) is 0 Å². The van der Waals surface area contributed by atoms with Crippen molar-refractivity contribution in [2.45, 2.75) is 6.42 Å². The van der Waals surface area contributed by atoms with Crippen LogP contribution in [-0.4, -0.2) is 32.2 Å². The summed E-state index contributed by atoms with van der Waals surface area (Å²) in [6.07, 6.45) is 2.78. The predicted octanol–water partition coefficient (Wildman–Crippen LogP) is 1.78. The number of nitrogens with zero attached hydrogens (tertiary/aromatic N) is 2. The van der Waals surface area contributed by atoms with E-state index in [2.05, 4.69) is 15.2 Å². The minimum atomic E-state index is 0.678. The van der Waals surface area contributed by atoms with Crippen LogP contribution in [0.4, 0.5) is 5.82 Å². The minimum absolute atomic E-state index is 0.678. The molecular weight excluding hydrogens is 198 g/mol. The lowest BCUT2D eigenvalue weighted by atomic mass is 10.3.